The van der Waals surface area contributed by atoms with Crippen LogP contribution in [-0.2, 0) is 9.53 Å². The highest BCUT2D eigenvalue weighted by atomic mass is 16.5. The largest absolute Gasteiger partial charge is 0.389 e. The van der Waals surface area contributed by atoms with E-state index in [0.29, 0.717) is 38.8 Å². The van der Waals surface area contributed by atoms with Gasteiger partial charge in [0.2, 0.25) is 5.91 Å². The van der Waals surface area contributed by atoms with Crippen molar-refractivity contribution in [2.45, 2.75) is 45.6 Å². The van der Waals surface area contributed by atoms with Gasteiger partial charge >= 0.3 is 0 Å². The second-order valence-electron chi connectivity index (χ2n) is 6.03. The second-order valence-corrected chi connectivity index (χ2v) is 6.03. The Morgan fingerprint density at radius 2 is 2.10 bits per heavy atom. The van der Waals surface area contributed by atoms with Gasteiger partial charge in [-0.05, 0) is 31.6 Å². The summed E-state index contributed by atoms with van der Waals surface area (Å²) in [5.41, 5.74) is 0. The van der Waals surface area contributed by atoms with Gasteiger partial charge in [-0.15, -0.1) is 0 Å². The Labute approximate surface area is 122 Å². The summed E-state index contributed by atoms with van der Waals surface area (Å²) in [5, 5.41) is 15.7. The first-order chi connectivity index (χ1) is 9.59. The first-order valence-corrected chi connectivity index (χ1v) is 7.83. The minimum absolute atomic E-state index is 0.167. The maximum Gasteiger partial charge on any atom is 0.223 e. The smallest absolute Gasteiger partial charge is 0.223 e. The van der Waals surface area contributed by atoms with E-state index >= 15 is 0 Å². The highest BCUT2D eigenvalue weighted by molar-refractivity contribution is 5.80. The van der Waals surface area contributed by atoms with Crippen LogP contribution in [0.25, 0.3) is 0 Å². The van der Waals surface area contributed by atoms with Crippen LogP contribution in [0.2, 0.25) is 0 Å². The Kier molecular flexibility index (Phi) is 8.82. The van der Waals surface area contributed by atoms with E-state index in [9.17, 15) is 9.90 Å². The molecule has 1 unspecified atom stereocenters. The van der Waals surface area contributed by atoms with Crippen molar-refractivity contribution >= 4 is 5.91 Å². The van der Waals surface area contributed by atoms with E-state index < -0.39 is 6.10 Å². The van der Waals surface area contributed by atoms with Crippen molar-refractivity contribution < 1.29 is 14.6 Å². The predicted octanol–water partition coefficient (Wildman–Crippen LogP) is 0.916. The fourth-order valence-corrected chi connectivity index (χ4v) is 1.90. The summed E-state index contributed by atoms with van der Waals surface area (Å²) < 4.78 is 5.42. The number of hydrogen-bond donors (Lipinski definition) is 3. The number of ether oxygens (including phenoxy) is 1. The van der Waals surface area contributed by atoms with Gasteiger partial charge in [-0.25, -0.2) is 0 Å². The van der Waals surface area contributed by atoms with Crippen LogP contribution in [-0.4, -0.2) is 50.0 Å². The second kappa shape index (κ2) is 10.1. The number of hydrogen-bond acceptors (Lipinski definition) is 4. The number of carbonyl (C=O) groups is 1. The molecular weight excluding hydrogens is 256 g/mol. The zero-order chi connectivity index (χ0) is 14.8. The molecule has 1 atom stereocenters. The average molecular weight is 286 g/mol. The van der Waals surface area contributed by atoms with Crippen molar-refractivity contribution in [2.24, 2.45) is 11.8 Å². The summed E-state index contributed by atoms with van der Waals surface area (Å²) in [6.45, 7) is 7.29. The number of amides is 1. The van der Waals surface area contributed by atoms with Crippen molar-refractivity contribution in [1.29, 1.82) is 0 Å². The van der Waals surface area contributed by atoms with Gasteiger partial charge in [-0.1, -0.05) is 13.8 Å². The molecule has 1 saturated carbocycles. The summed E-state index contributed by atoms with van der Waals surface area (Å²) in [7, 11) is 0. The molecule has 0 aromatic rings. The normalized spacial score (nSPS) is 16.4. The lowest BCUT2D eigenvalue weighted by molar-refractivity contribution is -0.122. The summed E-state index contributed by atoms with van der Waals surface area (Å²) in [4.78, 5) is 11.3. The molecule has 1 aliphatic rings. The van der Waals surface area contributed by atoms with Crippen LogP contribution in [0, 0.1) is 11.8 Å². The fourth-order valence-electron chi connectivity index (χ4n) is 1.90. The van der Waals surface area contributed by atoms with E-state index in [1.807, 2.05) is 0 Å². The molecule has 0 saturated heterocycles. The topological polar surface area (TPSA) is 70.6 Å². The molecule has 20 heavy (non-hydrogen) atoms. The van der Waals surface area contributed by atoms with Crippen LogP contribution >= 0.6 is 0 Å². The Hall–Kier alpha value is -0.650. The Balaban J connectivity index is 1.82. The van der Waals surface area contributed by atoms with E-state index in [0.717, 1.165) is 25.7 Å². The Morgan fingerprint density at radius 3 is 2.75 bits per heavy atom. The number of nitrogens with one attached hydrogen (secondary N) is 2. The van der Waals surface area contributed by atoms with Crippen LogP contribution in [0.5, 0.6) is 0 Å². The molecule has 0 aromatic carbocycles. The van der Waals surface area contributed by atoms with E-state index in [2.05, 4.69) is 24.5 Å². The monoisotopic (exact) mass is 286 g/mol. The minimum atomic E-state index is -0.479. The average Bonchev–Trinajstić information content (AvgIpc) is 3.21. The SMILES string of the molecule is CC(C)CCCOCC(O)CNCCNC(=O)C1CC1. The maximum atomic E-state index is 11.3. The molecule has 1 amide bonds. The summed E-state index contributed by atoms with van der Waals surface area (Å²) in [6, 6.07) is 0. The summed E-state index contributed by atoms with van der Waals surface area (Å²) in [5.74, 6) is 1.14. The summed E-state index contributed by atoms with van der Waals surface area (Å²) >= 11 is 0. The third-order valence-corrected chi connectivity index (χ3v) is 3.31. The van der Waals surface area contributed by atoms with Gasteiger partial charge < -0.3 is 20.5 Å². The van der Waals surface area contributed by atoms with Crippen molar-refractivity contribution in [3.8, 4) is 0 Å². The molecule has 118 valence electrons. The quantitative estimate of drug-likeness (QED) is 0.467. The van der Waals surface area contributed by atoms with Crippen molar-refractivity contribution in [3.05, 3.63) is 0 Å². The van der Waals surface area contributed by atoms with Crippen LogP contribution in [0.15, 0.2) is 0 Å². The predicted molar refractivity (Wildman–Crippen MR) is 79.5 cm³/mol. The van der Waals surface area contributed by atoms with Crippen molar-refractivity contribution in [1.82, 2.24) is 10.6 Å². The van der Waals surface area contributed by atoms with Crippen LogP contribution in [0.3, 0.4) is 0 Å². The van der Waals surface area contributed by atoms with Gasteiger partial charge in [-0.3, -0.25) is 4.79 Å². The highest BCUT2D eigenvalue weighted by Crippen LogP contribution is 2.28. The molecule has 0 radical (unpaired) electrons. The molecule has 0 spiro atoms. The zero-order valence-corrected chi connectivity index (χ0v) is 12.9. The zero-order valence-electron chi connectivity index (χ0n) is 12.9. The van der Waals surface area contributed by atoms with Crippen molar-refractivity contribution in [3.63, 3.8) is 0 Å². The van der Waals surface area contributed by atoms with Gasteiger partial charge in [-0.2, -0.15) is 0 Å². The molecule has 1 aliphatic carbocycles. The molecule has 0 aliphatic heterocycles. The molecule has 1 fully saturated rings. The standard InChI is InChI=1S/C15H30N2O3/c1-12(2)4-3-9-20-11-14(18)10-16-7-8-17-15(19)13-5-6-13/h12-14,16,18H,3-11H2,1-2H3,(H,17,19). The van der Waals surface area contributed by atoms with Gasteiger partial charge in [0, 0.05) is 32.2 Å². The molecular formula is C15H30N2O3. The lowest BCUT2D eigenvalue weighted by Crippen LogP contribution is -2.37. The lowest BCUT2D eigenvalue weighted by Gasteiger charge is -2.13. The van der Waals surface area contributed by atoms with E-state index in [1.54, 1.807) is 0 Å². The van der Waals surface area contributed by atoms with Gasteiger partial charge in [0.1, 0.15) is 0 Å². The molecule has 0 heterocycles. The van der Waals surface area contributed by atoms with Crippen LogP contribution in [0.1, 0.15) is 39.5 Å². The van der Waals surface area contributed by atoms with E-state index in [-0.39, 0.29) is 11.8 Å². The Bertz CT molecular complexity index is 268. The minimum Gasteiger partial charge on any atom is -0.389 e. The first kappa shape index (κ1) is 17.4. The third kappa shape index (κ3) is 9.28. The van der Waals surface area contributed by atoms with Crippen LogP contribution < -0.4 is 10.6 Å². The van der Waals surface area contributed by atoms with Gasteiger partial charge in [0.25, 0.3) is 0 Å². The molecule has 1 rings (SSSR count). The van der Waals surface area contributed by atoms with Gasteiger partial charge in [0.15, 0.2) is 0 Å². The molecule has 0 bridgehead atoms. The first-order valence-electron chi connectivity index (χ1n) is 7.83. The Morgan fingerprint density at radius 1 is 1.35 bits per heavy atom. The fraction of sp³-hybridized carbons (Fsp3) is 0.933. The third-order valence-electron chi connectivity index (χ3n) is 3.31. The molecule has 5 nitrogen and oxygen atoms in total. The summed E-state index contributed by atoms with van der Waals surface area (Å²) in [6.07, 6.45) is 3.80. The van der Waals surface area contributed by atoms with Crippen molar-refractivity contribution in [2.75, 3.05) is 32.8 Å². The maximum absolute atomic E-state index is 11.3. The molecule has 0 aromatic heterocycles. The van der Waals surface area contributed by atoms with E-state index in [4.69, 9.17) is 4.74 Å². The number of aliphatic hydroxyl groups excluding tert-OH is 1. The highest BCUT2D eigenvalue weighted by Gasteiger charge is 2.28. The number of aliphatic hydroxyl groups is 1. The number of carbonyl (C=O) groups excluding carboxylic acids is 1. The van der Waals surface area contributed by atoms with Gasteiger partial charge in [0.05, 0.1) is 12.7 Å². The molecule has 3 N–H and O–H groups in total. The molecule has 5 heteroatoms. The van der Waals surface area contributed by atoms with Crippen LogP contribution in [0.4, 0.5) is 0 Å². The lowest BCUT2D eigenvalue weighted by atomic mass is 10.1. The number of rotatable bonds is 12. The van der Waals surface area contributed by atoms with E-state index in [1.165, 1.54) is 0 Å².